The average molecular weight is 524 g/mol. The number of hydrogen-bond acceptors (Lipinski definition) is 7. The molecule has 3 aromatic rings. The molecule has 0 radical (unpaired) electrons. The van der Waals surface area contributed by atoms with Crippen molar-refractivity contribution in [3.8, 4) is 5.75 Å². The van der Waals surface area contributed by atoms with Gasteiger partial charge in [0, 0.05) is 42.3 Å². The van der Waals surface area contributed by atoms with Crippen LogP contribution in [0, 0.1) is 11.7 Å². The monoisotopic (exact) mass is 523 g/mol. The maximum absolute atomic E-state index is 13.6. The molecule has 2 aromatic carbocycles. The number of anilines is 3. The first kappa shape index (κ1) is 24.1. The van der Waals surface area contributed by atoms with Crippen molar-refractivity contribution in [1.82, 2.24) is 14.9 Å². The second kappa shape index (κ2) is 10.2. The molecule has 2 saturated heterocycles. The molecule has 0 spiro atoms. The van der Waals surface area contributed by atoms with Gasteiger partial charge in [-0.3, -0.25) is 9.69 Å². The van der Waals surface area contributed by atoms with Crippen LogP contribution >= 0.6 is 11.6 Å². The molecule has 1 amide bonds. The van der Waals surface area contributed by atoms with Gasteiger partial charge in [0.15, 0.2) is 0 Å². The Morgan fingerprint density at radius 3 is 2.92 bits per heavy atom. The third-order valence-corrected chi connectivity index (χ3v) is 7.26. The molecule has 0 unspecified atom stereocenters. The number of amides is 1. The van der Waals surface area contributed by atoms with Crippen LogP contribution in [0.1, 0.15) is 19.3 Å². The van der Waals surface area contributed by atoms with Gasteiger partial charge in [0.05, 0.1) is 35.5 Å². The van der Waals surface area contributed by atoms with Gasteiger partial charge in [-0.2, -0.15) is 0 Å². The summed E-state index contributed by atoms with van der Waals surface area (Å²) in [5, 5.41) is 6.82. The lowest BCUT2D eigenvalue weighted by atomic mass is 10.1. The molecule has 2 atom stereocenters. The quantitative estimate of drug-likeness (QED) is 0.385. The molecule has 1 saturated carbocycles. The third kappa shape index (κ3) is 5.53. The Morgan fingerprint density at radius 2 is 2.16 bits per heavy atom. The summed E-state index contributed by atoms with van der Waals surface area (Å²) in [5.74, 6) is 0.863. The lowest BCUT2D eigenvalue weighted by molar-refractivity contribution is -0.111. The molecule has 37 heavy (non-hydrogen) atoms. The zero-order valence-corrected chi connectivity index (χ0v) is 20.9. The van der Waals surface area contributed by atoms with Crippen LogP contribution in [-0.2, 0) is 9.53 Å². The first-order chi connectivity index (χ1) is 18.0. The summed E-state index contributed by atoms with van der Waals surface area (Å²) in [7, 11) is 0. The molecular formula is C27H27ClFN5O3. The van der Waals surface area contributed by atoms with E-state index in [0.29, 0.717) is 65.1 Å². The van der Waals surface area contributed by atoms with E-state index in [1.165, 1.54) is 18.5 Å². The summed E-state index contributed by atoms with van der Waals surface area (Å²) in [4.78, 5) is 23.9. The predicted molar refractivity (Wildman–Crippen MR) is 140 cm³/mol. The number of morpholine rings is 1. The summed E-state index contributed by atoms with van der Waals surface area (Å²) in [6.07, 6.45) is 8.58. The fraction of sp³-hybridized carbons (Fsp3) is 0.370. The van der Waals surface area contributed by atoms with Gasteiger partial charge in [-0.15, -0.1) is 0 Å². The summed E-state index contributed by atoms with van der Waals surface area (Å²) in [5.41, 5.74) is 1.76. The maximum atomic E-state index is 13.6. The summed E-state index contributed by atoms with van der Waals surface area (Å²) in [6, 6.07) is 8.41. The van der Waals surface area contributed by atoms with Crippen LogP contribution in [0.2, 0.25) is 5.02 Å². The molecule has 3 heterocycles. The molecule has 1 aromatic heterocycles. The van der Waals surface area contributed by atoms with Crippen LogP contribution in [-0.4, -0.2) is 59.2 Å². The number of aromatic nitrogens is 2. The van der Waals surface area contributed by atoms with Gasteiger partial charge in [-0.25, -0.2) is 14.4 Å². The normalized spacial score (nSPS) is 21.1. The van der Waals surface area contributed by atoms with E-state index in [1.54, 1.807) is 18.2 Å². The van der Waals surface area contributed by atoms with Crippen molar-refractivity contribution in [2.75, 3.05) is 36.9 Å². The third-order valence-electron chi connectivity index (χ3n) is 6.97. The van der Waals surface area contributed by atoms with Gasteiger partial charge in [0.25, 0.3) is 0 Å². The number of ether oxygens (including phenoxy) is 2. The standard InChI is InChI=1S/C27H27ClFN5O3/c28-21-8-17(5-6-22(21)29)32-27-20-10-24(25(37-13-16-3-4-16)11-23(20)30-15-31-27)33-26(35)2-1-7-34-12-19-9-18(34)14-36-19/h1-2,5-6,8,10-11,15-16,18-19H,3-4,7,9,12-14H2,(H,33,35)(H,30,31,32)/b2-1+/t18-,19-/m0/s1. The minimum atomic E-state index is -0.499. The van der Waals surface area contributed by atoms with Crippen LogP contribution < -0.4 is 15.4 Å². The second-order valence-corrected chi connectivity index (χ2v) is 10.2. The maximum Gasteiger partial charge on any atom is 0.248 e. The van der Waals surface area contributed by atoms with Gasteiger partial charge >= 0.3 is 0 Å². The summed E-state index contributed by atoms with van der Waals surface area (Å²) >= 11 is 5.94. The first-order valence-electron chi connectivity index (χ1n) is 12.5. The lowest BCUT2D eigenvalue weighted by Gasteiger charge is -2.25. The molecule has 3 fully saturated rings. The Kier molecular flexibility index (Phi) is 6.67. The number of nitrogens with one attached hydrogen (secondary N) is 2. The number of carbonyl (C=O) groups is 1. The molecule has 192 valence electrons. The van der Waals surface area contributed by atoms with Crippen molar-refractivity contribution in [2.45, 2.75) is 31.4 Å². The number of hydrogen-bond donors (Lipinski definition) is 2. The fourth-order valence-corrected chi connectivity index (χ4v) is 4.96. The van der Waals surface area contributed by atoms with E-state index in [9.17, 15) is 9.18 Å². The minimum Gasteiger partial charge on any atom is -0.491 e. The van der Waals surface area contributed by atoms with Crippen molar-refractivity contribution in [3.05, 3.63) is 59.7 Å². The summed E-state index contributed by atoms with van der Waals surface area (Å²) < 4.78 is 25.3. The van der Waals surface area contributed by atoms with Crippen LogP contribution in [0.3, 0.4) is 0 Å². The molecule has 2 bridgehead atoms. The molecule has 3 aliphatic rings. The van der Waals surface area contributed by atoms with Crippen molar-refractivity contribution < 1.29 is 18.7 Å². The molecule has 2 N–H and O–H groups in total. The van der Waals surface area contributed by atoms with Gasteiger partial charge < -0.3 is 20.1 Å². The Balaban J connectivity index is 1.23. The molecule has 2 aliphatic heterocycles. The molecule has 1 aliphatic carbocycles. The average Bonchev–Trinajstić information content (AvgIpc) is 3.48. The number of fused-ring (bicyclic) bond motifs is 3. The summed E-state index contributed by atoms with van der Waals surface area (Å²) in [6.45, 7) is 2.98. The highest BCUT2D eigenvalue weighted by Crippen LogP contribution is 2.36. The molecule has 8 nitrogen and oxygen atoms in total. The number of nitrogens with zero attached hydrogens (tertiary/aromatic N) is 3. The van der Waals surface area contributed by atoms with E-state index in [-0.39, 0.29) is 10.9 Å². The topological polar surface area (TPSA) is 88.6 Å². The Morgan fingerprint density at radius 1 is 1.27 bits per heavy atom. The SMILES string of the molecule is O=C(/C=C/CN1C[C@@H]2C[C@H]1CO2)Nc1cc2c(Nc3ccc(F)c(Cl)c3)ncnc2cc1OCC1CC1. The Labute approximate surface area is 218 Å². The number of halogens is 2. The minimum absolute atomic E-state index is 0.00755. The van der Waals surface area contributed by atoms with Crippen molar-refractivity contribution in [3.63, 3.8) is 0 Å². The van der Waals surface area contributed by atoms with Crippen LogP contribution in [0.5, 0.6) is 5.75 Å². The van der Waals surface area contributed by atoms with Crippen molar-refractivity contribution in [1.29, 1.82) is 0 Å². The van der Waals surface area contributed by atoms with E-state index in [4.69, 9.17) is 21.1 Å². The van der Waals surface area contributed by atoms with E-state index < -0.39 is 5.82 Å². The van der Waals surface area contributed by atoms with E-state index in [0.717, 1.165) is 32.4 Å². The smallest absolute Gasteiger partial charge is 0.248 e. The van der Waals surface area contributed by atoms with Crippen LogP contribution in [0.15, 0.2) is 48.8 Å². The number of carbonyl (C=O) groups excluding carboxylic acids is 1. The largest absolute Gasteiger partial charge is 0.491 e. The first-order valence-corrected chi connectivity index (χ1v) is 12.9. The van der Waals surface area contributed by atoms with E-state index in [2.05, 4.69) is 25.5 Å². The highest BCUT2D eigenvalue weighted by Gasteiger charge is 2.38. The number of rotatable bonds is 9. The fourth-order valence-electron chi connectivity index (χ4n) is 4.78. The highest BCUT2D eigenvalue weighted by atomic mass is 35.5. The second-order valence-electron chi connectivity index (χ2n) is 9.79. The molecular weight excluding hydrogens is 497 g/mol. The van der Waals surface area contributed by atoms with Crippen LogP contribution in [0.4, 0.5) is 21.6 Å². The van der Waals surface area contributed by atoms with E-state index >= 15 is 0 Å². The predicted octanol–water partition coefficient (Wildman–Crippen LogP) is 4.92. The van der Waals surface area contributed by atoms with Gasteiger partial charge in [-0.05, 0) is 49.4 Å². The van der Waals surface area contributed by atoms with Gasteiger partial charge in [0.1, 0.15) is 23.7 Å². The molecule has 10 heteroatoms. The van der Waals surface area contributed by atoms with Crippen LogP contribution in [0.25, 0.3) is 10.9 Å². The Hall–Kier alpha value is -3.27. The molecule has 6 rings (SSSR count). The highest BCUT2D eigenvalue weighted by molar-refractivity contribution is 6.31. The zero-order valence-electron chi connectivity index (χ0n) is 20.1. The number of benzene rings is 2. The lowest BCUT2D eigenvalue weighted by Crippen LogP contribution is -2.36. The van der Waals surface area contributed by atoms with Crippen molar-refractivity contribution >= 4 is 45.6 Å². The van der Waals surface area contributed by atoms with E-state index in [1.807, 2.05) is 12.1 Å². The van der Waals surface area contributed by atoms with Gasteiger partial charge in [0.2, 0.25) is 5.91 Å². The van der Waals surface area contributed by atoms with Crippen molar-refractivity contribution in [2.24, 2.45) is 5.92 Å². The number of likely N-dealkylation sites (tertiary alicyclic amines) is 1. The Bertz CT molecular complexity index is 1370. The zero-order chi connectivity index (χ0) is 25.4. The van der Waals surface area contributed by atoms with Gasteiger partial charge in [-0.1, -0.05) is 17.7 Å².